The first kappa shape index (κ1) is 10.8. The van der Waals surface area contributed by atoms with E-state index in [1.165, 1.54) is 13.2 Å². The van der Waals surface area contributed by atoms with E-state index in [1.807, 2.05) is 0 Å². The molecule has 0 aliphatic carbocycles. The van der Waals surface area contributed by atoms with Crippen LogP contribution in [0.5, 0.6) is 11.5 Å². The van der Waals surface area contributed by atoms with Crippen LogP contribution in [0.1, 0.15) is 13.8 Å². The first-order chi connectivity index (χ1) is 6.56. The van der Waals surface area contributed by atoms with E-state index in [0.717, 1.165) is 6.07 Å². The summed E-state index contributed by atoms with van der Waals surface area (Å²) in [4.78, 5) is 0. The van der Waals surface area contributed by atoms with E-state index in [2.05, 4.69) is 0 Å². The van der Waals surface area contributed by atoms with Gasteiger partial charge in [-0.25, -0.2) is 4.39 Å². The molecule has 1 aromatic carbocycles. The van der Waals surface area contributed by atoms with Crippen LogP contribution < -0.4 is 9.47 Å². The molecule has 0 saturated heterocycles. The molecule has 4 heteroatoms. The summed E-state index contributed by atoms with van der Waals surface area (Å²) in [5, 5.41) is 0. The molecule has 0 N–H and O–H groups in total. The van der Waals surface area contributed by atoms with Crippen molar-refractivity contribution in [3.63, 3.8) is 0 Å². The van der Waals surface area contributed by atoms with Gasteiger partial charge in [0.25, 0.3) is 0 Å². The van der Waals surface area contributed by atoms with Crippen molar-refractivity contribution in [2.24, 2.45) is 0 Å². The Morgan fingerprint density at radius 1 is 1.21 bits per heavy atom. The highest BCUT2D eigenvalue weighted by molar-refractivity contribution is 5.41. The van der Waals surface area contributed by atoms with Gasteiger partial charge in [0.05, 0.1) is 13.2 Å². The maximum atomic E-state index is 13.2. The molecule has 2 nitrogen and oxygen atoms in total. The Labute approximate surface area is 81.4 Å². The summed E-state index contributed by atoms with van der Waals surface area (Å²) in [6, 6.07) is 2.33. The minimum atomic E-state index is -1.02. The van der Waals surface area contributed by atoms with E-state index in [-0.39, 0.29) is 17.6 Å². The van der Waals surface area contributed by atoms with Gasteiger partial charge in [-0.05, 0) is 26.0 Å². The maximum absolute atomic E-state index is 13.2. The third kappa shape index (κ3) is 2.13. The Morgan fingerprint density at radius 2 is 1.86 bits per heavy atom. The van der Waals surface area contributed by atoms with Crippen LogP contribution in [0, 0.1) is 11.6 Å². The van der Waals surface area contributed by atoms with E-state index >= 15 is 0 Å². The molecule has 0 saturated carbocycles. The molecule has 14 heavy (non-hydrogen) atoms. The van der Waals surface area contributed by atoms with Crippen LogP contribution in [0.4, 0.5) is 8.78 Å². The van der Waals surface area contributed by atoms with Crippen molar-refractivity contribution in [2.45, 2.75) is 20.0 Å². The van der Waals surface area contributed by atoms with E-state index in [4.69, 9.17) is 9.47 Å². The lowest BCUT2D eigenvalue weighted by atomic mass is 10.3. The van der Waals surface area contributed by atoms with Crippen LogP contribution >= 0.6 is 0 Å². The summed E-state index contributed by atoms with van der Waals surface area (Å²) in [5.41, 5.74) is 0. The molecule has 0 amide bonds. The second-order valence-electron chi connectivity index (χ2n) is 3.06. The molecule has 0 bridgehead atoms. The third-order valence-corrected chi connectivity index (χ3v) is 1.59. The van der Waals surface area contributed by atoms with Crippen LogP contribution in [0.2, 0.25) is 0 Å². The van der Waals surface area contributed by atoms with Crippen molar-refractivity contribution in [3.05, 3.63) is 23.8 Å². The lowest BCUT2D eigenvalue weighted by Crippen LogP contribution is -2.09. The van der Waals surface area contributed by atoms with E-state index in [1.54, 1.807) is 13.8 Å². The van der Waals surface area contributed by atoms with Crippen LogP contribution in [-0.4, -0.2) is 13.2 Å². The summed E-state index contributed by atoms with van der Waals surface area (Å²) < 4.78 is 36.0. The maximum Gasteiger partial charge on any atom is 0.204 e. The van der Waals surface area contributed by atoms with Crippen molar-refractivity contribution in [3.8, 4) is 11.5 Å². The molecule has 0 unspecified atom stereocenters. The van der Waals surface area contributed by atoms with Gasteiger partial charge in [-0.2, -0.15) is 4.39 Å². The Hall–Kier alpha value is -1.32. The molecule has 0 fully saturated rings. The van der Waals surface area contributed by atoms with Gasteiger partial charge in [0.1, 0.15) is 0 Å². The highest BCUT2D eigenvalue weighted by Gasteiger charge is 2.16. The van der Waals surface area contributed by atoms with E-state index in [9.17, 15) is 8.78 Å². The smallest absolute Gasteiger partial charge is 0.204 e. The molecule has 78 valence electrons. The number of benzene rings is 1. The number of halogens is 2. The Morgan fingerprint density at radius 3 is 2.36 bits per heavy atom. The average molecular weight is 202 g/mol. The molecule has 0 aliphatic rings. The fourth-order valence-corrected chi connectivity index (χ4v) is 1.02. The minimum absolute atomic E-state index is 0.178. The van der Waals surface area contributed by atoms with Gasteiger partial charge in [0.2, 0.25) is 5.82 Å². The monoisotopic (exact) mass is 202 g/mol. The fraction of sp³-hybridized carbons (Fsp3) is 0.400. The number of ether oxygens (including phenoxy) is 2. The first-order valence-electron chi connectivity index (χ1n) is 4.25. The second kappa shape index (κ2) is 4.26. The predicted molar refractivity (Wildman–Crippen MR) is 48.7 cm³/mol. The van der Waals surface area contributed by atoms with Crippen molar-refractivity contribution >= 4 is 0 Å². The summed E-state index contributed by atoms with van der Waals surface area (Å²) >= 11 is 0. The highest BCUT2D eigenvalue weighted by Crippen LogP contribution is 2.32. The molecule has 0 atom stereocenters. The van der Waals surface area contributed by atoms with E-state index in [0.29, 0.717) is 0 Å². The summed E-state index contributed by atoms with van der Waals surface area (Å²) in [5.74, 6) is -1.94. The van der Waals surface area contributed by atoms with Gasteiger partial charge >= 0.3 is 0 Å². The summed E-state index contributed by atoms with van der Waals surface area (Å²) in [7, 11) is 1.37. The highest BCUT2D eigenvalue weighted by atomic mass is 19.2. The van der Waals surface area contributed by atoms with Gasteiger partial charge in [-0.3, -0.25) is 0 Å². The molecule has 1 aromatic rings. The zero-order chi connectivity index (χ0) is 10.7. The predicted octanol–water partition coefficient (Wildman–Crippen LogP) is 2.76. The normalized spacial score (nSPS) is 10.4. The van der Waals surface area contributed by atoms with Crippen molar-refractivity contribution in [1.82, 2.24) is 0 Å². The van der Waals surface area contributed by atoms with Crippen molar-refractivity contribution < 1.29 is 18.3 Å². The van der Waals surface area contributed by atoms with Crippen LogP contribution in [0.15, 0.2) is 12.1 Å². The Bertz CT molecular complexity index is 324. The fourth-order valence-electron chi connectivity index (χ4n) is 1.02. The molecule has 0 aromatic heterocycles. The largest absolute Gasteiger partial charge is 0.493 e. The van der Waals surface area contributed by atoms with Crippen LogP contribution in [0.3, 0.4) is 0 Å². The topological polar surface area (TPSA) is 18.5 Å². The number of methoxy groups -OCH3 is 1. The van der Waals surface area contributed by atoms with Crippen LogP contribution in [0.25, 0.3) is 0 Å². The van der Waals surface area contributed by atoms with Crippen molar-refractivity contribution in [1.29, 1.82) is 0 Å². The lowest BCUT2D eigenvalue weighted by Gasteiger charge is -2.14. The number of hydrogen-bond donors (Lipinski definition) is 0. The van der Waals surface area contributed by atoms with Crippen molar-refractivity contribution in [2.75, 3.05) is 7.11 Å². The molecule has 1 rings (SSSR count). The number of rotatable bonds is 3. The third-order valence-electron chi connectivity index (χ3n) is 1.59. The van der Waals surface area contributed by atoms with Gasteiger partial charge < -0.3 is 9.47 Å². The number of hydrogen-bond acceptors (Lipinski definition) is 2. The van der Waals surface area contributed by atoms with E-state index < -0.39 is 11.6 Å². The lowest BCUT2D eigenvalue weighted by molar-refractivity contribution is 0.215. The zero-order valence-electron chi connectivity index (χ0n) is 8.30. The Balaban J connectivity index is 3.14. The SMILES string of the molecule is COc1ccc(F)c(F)c1OC(C)C. The molecular formula is C10H12F2O2. The minimum Gasteiger partial charge on any atom is -0.493 e. The molecule has 0 radical (unpaired) electrons. The summed E-state index contributed by atoms with van der Waals surface area (Å²) in [6.07, 6.45) is -0.236. The Kier molecular flexibility index (Phi) is 3.28. The molecule has 0 heterocycles. The second-order valence-corrected chi connectivity index (χ2v) is 3.06. The van der Waals surface area contributed by atoms with Crippen LogP contribution in [-0.2, 0) is 0 Å². The summed E-state index contributed by atoms with van der Waals surface area (Å²) in [6.45, 7) is 3.45. The zero-order valence-corrected chi connectivity index (χ0v) is 8.30. The molecular weight excluding hydrogens is 190 g/mol. The van der Waals surface area contributed by atoms with Gasteiger partial charge in [-0.1, -0.05) is 0 Å². The van der Waals surface area contributed by atoms with Gasteiger partial charge in [0, 0.05) is 0 Å². The van der Waals surface area contributed by atoms with Gasteiger partial charge in [-0.15, -0.1) is 0 Å². The molecule has 0 aliphatic heterocycles. The first-order valence-corrected chi connectivity index (χ1v) is 4.25. The standard InChI is InChI=1S/C10H12F2O2/c1-6(2)14-10-8(13-3)5-4-7(11)9(10)12/h4-6H,1-3H3. The quantitative estimate of drug-likeness (QED) is 0.750. The molecule has 0 spiro atoms. The van der Waals surface area contributed by atoms with Gasteiger partial charge in [0.15, 0.2) is 17.3 Å². The average Bonchev–Trinajstić information content (AvgIpc) is 2.13.